The molecule has 0 fully saturated rings. The Morgan fingerprint density at radius 3 is 2.76 bits per heavy atom. The lowest BCUT2D eigenvalue weighted by atomic mass is 10.2. The summed E-state index contributed by atoms with van der Waals surface area (Å²) in [5, 5.41) is 3.25. The Balaban J connectivity index is 2.55. The van der Waals surface area contributed by atoms with Crippen molar-refractivity contribution in [3.8, 4) is 0 Å². The van der Waals surface area contributed by atoms with Crippen LogP contribution in [-0.2, 0) is 6.54 Å². The minimum absolute atomic E-state index is 0.143. The van der Waals surface area contributed by atoms with Gasteiger partial charge in [0.05, 0.1) is 0 Å². The molecule has 1 aromatic carbocycles. The number of hydrogen-bond donors (Lipinski definition) is 1. The molecule has 1 aromatic rings. The molecule has 0 aliphatic rings. The second kappa shape index (κ2) is 8.54. The van der Waals surface area contributed by atoms with Gasteiger partial charge in [-0.25, -0.2) is 4.39 Å². The molecular formula is C14H22FNS. The SMILES string of the molecule is CCCCCSc1ccc(F)cc1CNCC. The molecule has 17 heavy (non-hydrogen) atoms. The molecule has 0 bridgehead atoms. The lowest BCUT2D eigenvalue weighted by Gasteiger charge is -2.09. The number of benzene rings is 1. The number of unbranched alkanes of at least 4 members (excludes halogenated alkanes) is 2. The van der Waals surface area contributed by atoms with Gasteiger partial charge in [-0.15, -0.1) is 11.8 Å². The van der Waals surface area contributed by atoms with E-state index in [1.165, 1.54) is 24.2 Å². The van der Waals surface area contributed by atoms with Crippen molar-refractivity contribution in [1.82, 2.24) is 5.32 Å². The summed E-state index contributed by atoms with van der Waals surface area (Å²) in [6.45, 7) is 5.94. The molecule has 0 radical (unpaired) electrons. The van der Waals surface area contributed by atoms with Crippen LogP contribution in [-0.4, -0.2) is 12.3 Å². The van der Waals surface area contributed by atoms with Crippen LogP contribution in [0.4, 0.5) is 4.39 Å². The molecule has 1 nitrogen and oxygen atoms in total. The van der Waals surface area contributed by atoms with Gasteiger partial charge in [0, 0.05) is 11.4 Å². The summed E-state index contributed by atoms with van der Waals surface area (Å²) < 4.78 is 13.2. The molecular weight excluding hydrogens is 233 g/mol. The maximum absolute atomic E-state index is 13.2. The first-order valence-electron chi connectivity index (χ1n) is 6.39. The zero-order valence-electron chi connectivity index (χ0n) is 10.8. The molecule has 0 aromatic heterocycles. The van der Waals surface area contributed by atoms with Gasteiger partial charge in [-0.1, -0.05) is 26.7 Å². The van der Waals surface area contributed by atoms with Crippen LogP contribution in [0.2, 0.25) is 0 Å². The molecule has 0 heterocycles. The summed E-state index contributed by atoms with van der Waals surface area (Å²) in [6.07, 6.45) is 3.75. The van der Waals surface area contributed by atoms with E-state index >= 15 is 0 Å². The second-order valence-electron chi connectivity index (χ2n) is 4.09. The highest BCUT2D eigenvalue weighted by molar-refractivity contribution is 7.99. The lowest BCUT2D eigenvalue weighted by molar-refractivity contribution is 0.619. The Kier molecular flexibility index (Phi) is 7.29. The third-order valence-corrected chi connectivity index (χ3v) is 3.80. The summed E-state index contributed by atoms with van der Waals surface area (Å²) in [5.74, 6) is 0.981. The van der Waals surface area contributed by atoms with E-state index in [1.54, 1.807) is 12.1 Å². The van der Waals surface area contributed by atoms with Crippen molar-refractivity contribution in [1.29, 1.82) is 0 Å². The van der Waals surface area contributed by atoms with Gasteiger partial charge in [0.25, 0.3) is 0 Å². The molecule has 0 saturated heterocycles. The quantitative estimate of drug-likeness (QED) is 0.551. The molecule has 0 atom stereocenters. The molecule has 0 saturated carbocycles. The van der Waals surface area contributed by atoms with Gasteiger partial charge >= 0.3 is 0 Å². The number of thioether (sulfide) groups is 1. The van der Waals surface area contributed by atoms with Crippen LogP contribution < -0.4 is 5.32 Å². The highest BCUT2D eigenvalue weighted by atomic mass is 32.2. The van der Waals surface area contributed by atoms with Crippen molar-refractivity contribution in [3.63, 3.8) is 0 Å². The molecule has 1 N–H and O–H groups in total. The Labute approximate surface area is 108 Å². The average molecular weight is 255 g/mol. The zero-order valence-corrected chi connectivity index (χ0v) is 11.6. The maximum atomic E-state index is 13.2. The van der Waals surface area contributed by atoms with Crippen molar-refractivity contribution in [3.05, 3.63) is 29.6 Å². The topological polar surface area (TPSA) is 12.0 Å². The van der Waals surface area contributed by atoms with E-state index in [9.17, 15) is 4.39 Å². The monoisotopic (exact) mass is 255 g/mol. The lowest BCUT2D eigenvalue weighted by Crippen LogP contribution is -2.12. The fourth-order valence-corrected chi connectivity index (χ4v) is 2.67. The van der Waals surface area contributed by atoms with Crippen LogP contribution in [0.3, 0.4) is 0 Å². The highest BCUT2D eigenvalue weighted by Crippen LogP contribution is 2.24. The molecule has 0 aliphatic carbocycles. The fourth-order valence-electron chi connectivity index (χ4n) is 1.62. The van der Waals surface area contributed by atoms with E-state index in [0.29, 0.717) is 0 Å². The van der Waals surface area contributed by atoms with Crippen LogP contribution in [0.1, 0.15) is 38.7 Å². The Morgan fingerprint density at radius 1 is 1.24 bits per heavy atom. The third-order valence-electron chi connectivity index (χ3n) is 2.59. The predicted octanol–water partition coefficient (Wildman–Crippen LogP) is 4.22. The predicted molar refractivity (Wildman–Crippen MR) is 74.0 cm³/mol. The average Bonchev–Trinajstić information content (AvgIpc) is 2.34. The number of rotatable bonds is 8. The van der Waals surface area contributed by atoms with Crippen LogP contribution in [0.5, 0.6) is 0 Å². The van der Waals surface area contributed by atoms with Crippen molar-refractivity contribution in [2.45, 2.75) is 44.6 Å². The largest absolute Gasteiger partial charge is 0.313 e. The molecule has 0 amide bonds. The van der Waals surface area contributed by atoms with Crippen LogP contribution in [0.25, 0.3) is 0 Å². The van der Waals surface area contributed by atoms with Crippen LogP contribution >= 0.6 is 11.8 Å². The van der Waals surface area contributed by atoms with Crippen molar-refractivity contribution < 1.29 is 4.39 Å². The van der Waals surface area contributed by atoms with Gasteiger partial charge in [-0.2, -0.15) is 0 Å². The number of halogens is 1. The third kappa shape index (κ3) is 5.55. The zero-order chi connectivity index (χ0) is 12.5. The summed E-state index contributed by atoms with van der Waals surface area (Å²) in [4.78, 5) is 1.21. The van der Waals surface area contributed by atoms with Crippen LogP contribution in [0, 0.1) is 5.82 Å². The summed E-state index contributed by atoms with van der Waals surface area (Å²) in [5.41, 5.74) is 1.08. The van der Waals surface area contributed by atoms with Crippen LogP contribution in [0.15, 0.2) is 23.1 Å². The minimum Gasteiger partial charge on any atom is -0.313 e. The molecule has 0 unspecified atom stereocenters. The maximum Gasteiger partial charge on any atom is 0.123 e. The van der Waals surface area contributed by atoms with E-state index in [1.807, 2.05) is 17.8 Å². The van der Waals surface area contributed by atoms with E-state index in [2.05, 4.69) is 19.2 Å². The highest BCUT2D eigenvalue weighted by Gasteiger charge is 2.04. The smallest absolute Gasteiger partial charge is 0.123 e. The number of nitrogens with one attached hydrogen (secondary N) is 1. The van der Waals surface area contributed by atoms with Gasteiger partial charge in [0.15, 0.2) is 0 Å². The number of hydrogen-bond acceptors (Lipinski definition) is 2. The summed E-state index contributed by atoms with van der Waals surface area (Å²) in [7, 11) is 0. The van der Waals surface area contributed by atoms with E-state index in [0.717, 1.165) is 24.4 Å². The van der Waals surface area contributed by atoms with Crippen molar-refractivity contribution in [2.75, 3.05) is 12.3 Å². The summed E-state index contributed by atoms with van der Waals surface area (Å²) in [6, 6.07) is 5.10. The summed E-state index contributed by atoms with van der Waals surface area (Å²) >= 11 is 1.84. The van der Waals surface area contributed by atoms with E-state index < -0.39 is 0 Å². The van der Waals surface area contributed by atoms with Gasteiger partial charge in [0.1, 0.15) is 5.82 Å². The second-order valence-corrected chi connectivity index (χ2v) is 5.22. The molecule has 96 valence electrons. The fraction of sp³-hybridized carbons (Fsp3) is 0.571. The molecule has 0 spiro atoms. The molecule has 0 aliphatic heterocycles. The molecule has 3 heteroatoms. The van der Waals surface area contributed by atoms with E-state index in [4.69, 9.17) is 0 Å². The van der Waals surface area contributed by atoms with Gasteiger partial charge < -0.3 is 5.32 Å². The first-order valence-corrected chi connectivity index (χ1v) is 7.38. The van der Waals surface area contributed by atoms with Crippen molar-refractivity contribution >= 4 is 11.8 Å². The normalized spacial score (nSPS) is 10.8. The van der Waals surface area contributed by atoms with Crippen molar-refractivity contribution in [2.24, 2.45) is 0 Å². The Bertz CT molecular complexity index is 328. The van der Waals surface area contributed by atoms with Gasteiger partial charge in [-0.05, 0) is 42.5 Å². The first-order chi connectivity index (χ1) is 8.27. The van der Waals surface area contributed by atoms with E-state index in [-0.39, 0.29) is 5.82 Å². The minimum atomic E-state index is -0.143. The van der Waals surface area contributed by atoms with Gasteiger partial charge in [-0.3, -0.25) is 0 Å². The Morgan fingerprint density at radius 2 is 2.06 bits per heavy atom. The van der Waals surface area contributed by atoms with Gasteiger partial charge in [0.2, 0.25) is 0 Å². The first kappa shape index (κ1) is 14.5. The Hall–Kier alpha value is -0.540. The molecule has 1 rings (SSSR count). The standard InChI is InChI=1S/C14H22FNS/c1-3-5-6-9-17-14-8-7-13(15)10-12(14)11-16-4-2/h7-8,10,16H,3-6,9,11H2,1-2H3.